The molecule has 0 bridgehead atoms. The number of nitrogens with one attached hydrogen (secondary N) is 2. The molecule has 1 aliphatic carbocycles. The number of rotatable bonds is 6. The third-order valence-corrected chi connectivity index (χ3v) is 3.71. The lowest BCUT2D eigenvalue weighted by atomic mass is 9.77. The first-order valence-corrected chi connectivity index (χ1v) is 7.03. The molecule has 1 saturated carbocycles. The molecule has 0 unspecified atom stereocenters. The summed E-state index contributed by atoms with van der Waals surface area (Å²) in [5.41, 5.74) is 6.10. The van der Waals surface area contributed by atoms with Crippen molar-refractivity contribution in [2.24, 2.45) is 5.73 Å². The second kappa shape index (κ2) is 6.69. The van der Waals surface area contributed by atoms with Crippen LogP contribution in [0.3, 0.4) is 0 Å². The van der Waals surface area contributed by atoms with E-state index in [4.69, 9.17) is 10.5 Å². The topological polar surface area (TPSA) is 93.5 Å². The van der Waals surface area contributed by atoms with Gasteiger partial charge in [0.15, 0.2) is 0 Å². The van der Waals surface area contributed by atoms with Crippen LogP contribution in [0.4, 0.5) is 5.69 Å². The fourth-order valence-electron chi connectivity index (χ4n) is 2.18. The summed E-state index contributed by atoms with van der Waals surface area (Å²) in [6.07, 6.45) is 2.32. The molecule has 1 fully saturated rings. The average Bonchev–Trinajstić information content (AvgIpc) is 2.45. The Balaban J connectivity index is 2.06. The van der Waals surface area contributed by atoms with Gasteiger partial charge in [-0.3, -0.25) is 9.59 Å². The van der Waals surface area contributed by atoms with Crippen molar-refractivity contribution in [3.05, 3.63) is 29.8 Å². The zero-order valence-electron chi connectivity index (χ0n) is 12.1. The quantitative estimate of drug-likeness (QED) is 0.678. The Hall–Kier alpha value is -1.92. The first-order chi connectivity index (χ1) is 10.1. The van der Waals surface area contributed by atoms with Crippen LogP contribution < -0.4 is 16.4 Å². The van der Waals surface area contributed by atoms with Gasteiger partial charge in [-0.05, 0) is 31.4 Å². The monoisotopic (exact) mass is 291 g/mol. The number of anilines is 1. The van der Waals surface area contributed by atoms with E-state index in [-0.39, 0.29) is 11.8 Å². The molecule has 1 aliphatic rings. The van der Waals surface area contributed by atoms with Gasteiger partial charge in [0.05, 0.1) is 23.4 Å². The van der Waals surface area contributed by atoms with Gasteiger partial charge in [0, 0.05) is 13.7 Å². The Kier molecular flexibility index (Phi) is 4.93. The number of hydrogen-bond donors (Lipinski definition) is 3. The zero-order valence-corrected chi connectivity index (χ0v) is 12.1. The molecule has 6 heteroatoms. The minimum Gasteiger partial charge on any atom is -0.383 e. The Morgan fingerprint density at radius 1 is 1.33 bits per heavy atom. The van der Waals surface area contributed by atoms with E-state index in [9.17, 15) is 9.59 Å². The minimum atomic E-state index is -0.792. The first kappa shape index (κ1) is 15.5. The van der Waals surface area contributed by atoms with Crippen molar-refractivity contribution < 1.29 is 14.3 Å². The van der Waals surface area contributed by atoms with E-state index in [1.165, 1.54) is 0 Å². The second-order valence-corrected chi connectivity index (χ2v) is 5.26. The van der Waals surface area contributed by atoms with Crippen LogP contribution in [-0.4, -0.2) is 37.6 Å². The normalized spacial score (nSPS) is 15.9. The van der Waals surface area contributed by atoms with Crippen molar-refractivity contribution in [3.63, 3.8) is 0 Å². The van der Waals surface area contributed by atoms with Gasteiger partial charge >= 0.3 is 0 Å². The van der Waals surface area contributed by atoms with Crippen molar-refractivity contribution in [2.75, 3.05) is 25.6 Å². The molecular formula is C15H21N3O3. The summed E-state index contributed by atoms with van der Waals surface area (Å²) in [5, 5.41) is 5.50. The molecule has 0 saturated heterocycles. The lowest BCUT2D eigenvalue weighted by molar-refractivity contribution is -0.123. The maximum atomic E-state index is 12.2. The number of carbonyl (C=O) groups is 2. The summed E-state index contributed by atoms with van der Waals surface area (Å²) < 4.78 is 4.89. The Morgan fingerprint density at radius 2 is 2.05 bits per heavy atom. The first-order valence-electron chi connectivity index (χ1n) is 7.03. The molecule has 21 heavy (non-hydrogen) atoms. The lowest BCUT2D eigenvalue weighted by Gasteiger charge is -2.36. The van der Waals surface area contributed by atoms with Crippen LogP contribution >= 0.6 is 0 Å². The van der Waals surface area contributed by atoms with Gasteiger partial charge in [-0.1, -0.05) is 12.1 Å². The number of amides is 2. The molecule has 6 nitrogen and oxygen atoms in total. The van der Waals surface area contributed by atoms with E-state index in [1.807, 2.05) is 0 Å². The summed E-state index contributed by atoms with van der Waals surface area (Å²) >= 11 is 0. The van der Waals surface area contributed by atoms with Gasteiger partial charge in [-0.15, -0.1) is 0 Å². The Bertz CT molecular complexity index is 527. The fourth-order valence-corrected chi connectivity index (χ4v) is 2.18. The number of hydrogen-bond acceptors (Lipinski definition) is 4. The van der Waals surface area contributed by atoms with Crippen molar-refractivity contribution >= 4 is 17.5 Å². The molecule has 0 aromatic heterocycles. The molecule has 0 radical (unpaired) electrons. The summed E-state index contributed by atoms with van der Waals surface area (Å²) in [4.78, 5) is 24.3. The smallest absolute Gasteiger partial charge is 0.253 e. The van der Waals surface area contributed by atoms with Crippen LogP contribution in [-0.2, 0) is 9.53 Å². The van der Waals surface area contributed by atoms with Crippen LogP contribution in [0.1, 0.15) is 29.6 Å². The standard InChI is InChI=1S/C15H21N3O3/c1-21-10-9-17-13(19)11-5-2-3-6-12(11)18-14(20)15(16)7-4-8-15/h2-3,5-6H,4,7-10,16H2,1H3,(H,17,19)(H,18,20). The summed E-state index contributed by atoms with van der Waals surface area (Å²) in [6.45, 7) is 0.852. The molecule has 114 valence electrons. The summed E-state index contributed by atoms with van der Waals surface area (Å²) in [6, 6.07) is 6.89. The molecule has 0 atom stereocenters. The Morgan fingerprint density at radius 3 is 2.67 bits per heavy atom. The van der Waals surface area contributed by atoms with Crippen LogP contribution in [0, 0.1) is 0 Å². The summed E-state index contributed by atoms with van der Waals surface area (Å²) in [5.74, 6) is -0.478. The van der Waals surface area contributed by atoms with Gasteiger partial charge in [-0.25, -0.2) is 0 Å². The average molecular weight is 291 g/mol. The molecule has 4 N–H and O–H groups in total. The fraction of sp³-hybridized carbons (Fsp3) is 0.467. The predicted molar refractivity (Wildman–Crippen MR) is 80.1 cm³/mol. The van der Waals surface area contributed by atoms with E-state index in [0.717, 1.165) is 6.42 Å². The lowest BCUT2D eigenvalue weighted by Crippen LogP contribution is -2.56. The van der Waals surface area contributed by atoms with Gasteiger partial charge in [-0.2, -0.15) is 0 Å². The van der Waals surface area contributed by atoms with E-state index in [1.54, 1.807) is 31.4 Å². The highest BCUT2D eigenvalue weighted by Gasteiger charge is 2.40. The summed E-state index contributed by atoms with van der Waals surface area (Å²) in [7, 11) is 1.57. The van der Waals surface area contributed by atoms with E-state index >= 15 is 0 Å². The van der Waals surface area contributed by atoms with E-state index < -0.39 is 5.54 Å². The van der Waals surface area contributed by atoms with Crippen LogP contribution in [0.2, 0.25) is 0 Å². The molecule has 2 amide bonds. The number of nitrogens with two attached hydrogens (primary N) is 1. The number of methoxy groups -OCH3 is 1. The van der Waals surface area contributed by atoms with Crippen LogP contribution in [0.5, 0.6) is 0 Å². The molecule has 0 spiro atoms. The minimum absolute atomic E-state index is 0.231. The maximum Gasteiger partial charge on any atom is 0.253 e. The van der Waals surface area contributed by atoms with Crippen molar-refractivity contribution in [3.8, 4) is 0 Å². The number of ether oxygens (including phenoxy) is 1. The number of para-hydroxylation sites is 1. The van der Waals surface area contributed by atoms with Gasteiger partial charge in [0.1, 0.15) is 0 Å². The molecule has 2 rings (SSSR count). The van der Waals surface area contributed by atoms with Gasteiger partial charge < -0.3 is 21.1 Å². The molecule has 0 heterocycles. The third kappa shape index (κ3) is 3.59. The van der Waals surface area contributed by atoms with E-state index in [0.29, 0.717) is 37.2 Å². The Labute approximate surface area is 124 Å². The highest BCUT2D eigenvalue weighted by Crippen LogP contribution is 2.30. The van der Waals surface area contributed by atoms with Gasteiger partial charge in [0.25, 0.3) is 5.91 Å². The SMILES string of the molecule is COCCNC(=O)c1ccccc1NC(=O)C1(N)CCC1. The molecular weight excluding hydrogens is 270 g/mol. The third-order valence-electron chi connectivity index (χ3n) is 3.71. The second-order valence-electron chi connectivity index (χ2n) is 5.26. The largest absolute Gasteiger partial charge is 0.383 e. The zero-order chi connectivity index (χ0) is 15.3. The number of carbonyl (C=O) groups excluding carboxylic acids is 2. The van der Waals surface area contributed by atoms with Crippen molar-refractivity contribution in [1.29, 1.82) is 0 Å². The van der Waals surface area contributed by atoms with Crippen LogP contribution in [0.15, 0.2) is 24.3 Å². The van der Waals surface area contributed by atoms with Crippen LogP contribution in [0.25, 0.3) is 0 Å². The van der Waals surface area contributed by atoms with Crippen molar-refractivity contribution in [1.82, 2.24) is 5.32 Å². The highest BCUT2D eigenvalue weighted by molar-refractivity contribution is 6.06. The number of benzene rings is 1. The molecule has 1 aromatic carbocycles. The van der Waals surface area contributed by atoms with Gasteiger partial charge in [0.2, 0.25) is 5.91 Å². The maximum absolute atomic E-state index is 12.2. The van der Waals surface area contributed by atoms with E-state index in [2.05, 4.69) is 10.6 Å². The molecule has 1 aromatic rings. The van der Waals surface area contributed by atoms with Crippen molar-refractivity contribution in [2.45, 2.75) is 24.8 Å². The predicted octanol–water partition coefficient (Wildman–Crippen LogP) is 0.883. The highest BCUT2D eigenvalue weighted by atomic mass is 16.5. The molecule has 0 aliphatic heterocycles.